The van der Waals surface area contributed by atoms with Crippen LogP contribution in [0.15, 0.2) is 35.1 Å². The lowest BCUT2D eigenvalue weighted by atomic mass is 10.1. The van der Waals surface area contributed by atoms with Gasteiger partial charge >= 0.3 is 0 Å². The van der Waals surface area contributed by atoms with E-state index in [1.807, 2.05) is 40.9 Å². The molecule has 0 aromatic carbocycles. The number of nitrogens with one attached hydrogen (secondary N) is 1. The molecular formula is C20H22N6O2. The summed E-state index contributed by atoms with van der Waals surface area (Å²) in [6.45, 7) is 5.81. The molecule has 1 unspecified atom stereocenters. The molecule has 144 valence electrons. The molecule has 0 saturated heterocycles. The van der Waals surface area contributed by atoms with Crippen LogP contribution >= 0.6 is 0 Å². The van der Waals surface area contributed by atoms with Crippen LogP contribution in [-0.4, -0.2) is 30.5 Å². The summed E-state index contributed by atoms with van der Waals surface area (Å²) in [6.07, 6.45) is 3.37. The summed E-state index contributed by atoms with van der Waals surface area (Å²) in [5.74, 6) is 0.415. The van der Waals surface area contributed by atoms with Crippen molar-refractivity contribution < 1.29 is 9.21 Å². The van der Waals surface area contributed by atoms with Crippen molar-refractivity contribution >= 4 is 16.9 Å². The van der Waals surface area contributed by atoms with E-state index >= 15 is 0 Å². The molecule has 0 spiro atoms. The van der Waals surface area contributed by atoms with Gasteiger partial charge in [0.1, 0.15) is 5.69 Å². The molecule has 8 nitrogen and oxygen atoms in total. The van der Waals surface area contributed by atoms with Gasteiger partial charge in [-0.05, 0) is 39.0 Å². The van der Waals surface area contributed by atoms with E-state index in [1.54, 1.807) is 34.0 Å². The minimum Gasteiger partial charge on any atom is -0.463 e. The normalized spacial score (nSPS) is 12.5. The molecule has 0 saturated carbocycles. The predicted octanol–water partition coefficient (Wildman–Crippen LogP) is 3.07. The van der Waals surface area contributed by atoms with Crippen LogP contribution in [0, 0.1) is 13.8 Å². The van der Waals surface area contributed by atoms with Gasteiger partial charge in [-0.2, -0.15) is 10.2 Å². The van der Waals surface area contributed by atoms with Gasteiger partial charge in [0.15, 0.2) is 11.4 Å². The smallest absolute Gasteiger partial charge is 0.252 e. The number of rotatable bonds is 4. The van der Waals surface area contributed by atoms with Crippen molar-refractivity contribution in [2.24, 2.45) is 14.1 Å². The first-order valence-corrected chi connectivity index (χ1v) is 9.04. The van der Waals surface area contributed by atoms with Gasteiger partial charge in [0.2, 0.25) is 0 Å². The van der Waals surface area contributed by atoms with E-state index in [4.69, 9.17) is 4.42 Å². The molecule has 8 heteroatoms. The fourth-order valence-electron chi connectivity index (χ4n) is 3.47. The molecular weight excluding hydrogens is 356 g/mol. The summed E-state index contributed by atoms with van der Waals surface area (Å²) in [4.78, 5) is 17.9. The Balaban J connectivity index is 1.78. The van der Waals surface area contributed by atoms with E-state index in [-0.39, 0.29) is 11.9 Å². The highest BCUT2D eigenvalue weighted by atomic mass is 16.3. The van der Waals surface area contributed by atoms with Gasteiger partial charge in [0.05, 0.1) is 35.1 Å². The lowest BCUT2D eigenvalue weighted by molar-refractivity contribution is 0.0941. The topological polar surface area (TPSA) is 90.8 Å². The van der Waals surface area contributed by atoms with Gasteiger partial charge in [-0.25, -0.2) is 4.98 Å². The van der Waals surface area contributed by atoms with E-state index < -0.39 is 0 Å². The van der Waals surface area contributed by atoms with Crippen LogP contribution in [0.25, 0.3) is 22.5 Å². The van der Waals surface area contributed by atoms with Gasteiger partial charge in [0, 0.05) is 25.4 Å². The number of carbonyl (C=O) groups is 1. The molecule has 4 heterocycles. The van der Waals surface area contributed by atoms with Crippen LogP contribution in [-0.2, 0) is 14.1 Å². The van der Waals surface area contributed by atoms with Crippen molar-refractivity contribution in [1.82, 2.24) is 29.9 Å². The SMILES string of the molecule is Cc1nn(C)c2nc(-c3ccco3)cc(C(=O)NC(C)c3cnn(C)c3C)c12. The maximum absolute atomic E-state index is 13.2. The Labute approximate surface area is 162 Å². The molecule has 4 rings (SSSR count). The summed E-state index contributed by atoms with van der Waals surface area (Å²) < 4.78 is 8.96. The number of furan rings is 1. The minimum atomic E-state index is -0.188. The third-order valence-corrected chi connectivity index (χ3v) is 5.07. The monoisotopic (exact) mass is 378 g/mol. The molecule has 4 aromatic rings. The van der Waals surface area contributed by atoms with E-state index in [9.17, 15) is 4.79 Å². The lowest BCUT2D eigenvalue weighted by Crippen LogP contribution is -2.27. The molecule has 0 fully saturated rings. The third-order valence-electron chi connectivity index (χ3n) is 5.07. The van der Waals surface area contributed by atoms with Crippen LogP contribution in [0.3, 0.4) is 0 Å². The van der Waals surface area contributed by atoms with Gasteiger partial charge in [-0.1, -0.05) is 0 Å². The molecule has 0 aliphatic rings. The Bertz CT molecular complexity index is 1170. The molecule has 1 atom stereocenters. The number of amides is 1. The first kappa shape index (κ1) is 18.0. The second-order valence-electron chi connectivity index (χ2n) is 6.94. The number of hydrogen-bond donors (Lipinski definition) is 1. The fourth-order valence-corrected chi connectivity index (χ4v) is 3.47. The molecule has 4 aromatic heterocycles. The number of aromatic nitrogens is 5. The summed E-state index contributed by atoms with van der Waals surface area (Å²) in [5.41, 5.74) is 4.51. The molecule has 0 radical (unpaired) electrons. The number of pyridine rings is 1. The van der Waals surface area contributed by atoms with E-state index in [0.717, 1.165) is 22.3 Å². The van der Waals surface area contributed by atoms with Crippen molar-refractivity contribution in [3.05, 3.63) is 53.2 Å². The fraction of sp³-hybridized carbons (Fsp3) is 0.300. The number of fused-ring (bicyclic) bond motifs is 1. The molecule has 1 N–H and O–H groups in total. The average molecular weight is 378 g/mol. The Hall–Kier alpha value is -3.42. The zero-order valence-corrected chi connectivity index (χ0v) is 16.5. The molecule has 0 aliphatic carbocycles. The maximum Gasteiger partial charge on any atom is 0.252 e. The van der Waals surface area contributed by atoms with Crippen molar-refractivity contribution in [3.8, 4) is 11.5 Å². The standard InChI is InChI=1S/C20H22N6O2/c1-11(15-10-21-25(4)13(15)3)22-20(27)14-9-16(17-7-6-8-28-17)23-19-18(14)12(2)24-26(19)5/h6-11H,1-5H3,(H,22,27). The van der Waals surface area contributed by atoms with Gasteiger partial charge in [0.25, 0.3) is 5.91 Å². The Morgan fingerprint density at radius 2 is 2.04 bits per heavy atom. The minimum absolute atomic E-state index is 0.187. The molecule has 28 heavy (non-hydrogen) atoms. The van der Waals surface area contributed by atoms with Gasteiger partial charge < -0.3 is 9.73 Å². The highest BCUT2D eigenvalue weighted by molar-refractivity contribution is 6.07. The average Bonchev–Trinajstić information content (AvgIpc) is 3.37. The van der Waals surface area contributed by atoms with Crippen molar-refractivity contribution in [1.29, 1.82) is 0 Å². The van der Waals surface area contributed by atoms with E-state index in [1.165, 1.54) is 0 Å². The number of aryl methyl sites for hydroxylation is 3. The van der Waals surface area contributed by atoms with Crippen LogP contribution in [0.5, 0.6) is 0 Å². The first-order valence-electron chi connectivity index (χ1n) is 9.04. The quantitative estimate of drug-likeness (QED) is 0.589. The highest BCUT2D eigenvalue weighted by Gasteiger charge is 2.22. The second-order valence-corrected chi connectivity index (χ2v) is 6.94. The Morgan fingerprint density at radius 1 is 1.25 bits per heavy atom. The molecule has 0 aliphatic heterocycles. The highest BCUT2D eigenvalue weighted by Crippen LogP contribution is 2.27. The molecule has 0 bridgehead atoms. The van der Waals surface area contributed by atoms with Crippen molar-refractivity contribution in [2.45, 2.75) is 26.8 Å². The summed E-state index contributed by atoms with van der Waals surface area (Å²) in [7, 11) is 3.70. The summed E-state index contributed by atoms with van der Waals surface area (Å²) in [6, 6.07) is 5.19. The van der Waals surface area contributed by atoms with Crippen molar-refractivity contribution in [3.63, 3.8) is 0 Å². The zero-order chi connectivity index (χ0) is 20.0. The van der Waals surface area contributed by atoms with Crippen molar-refractivity contribution in [2.75, 3.05) is 0 Å². The number of hydrogen-bond acceptors (Lipinski definition) is 5. The molecule has 1 amide bonds. The lowest BCUT2D eigenvalue weighted by Gasteiger charge is -2.15. The van der Waals surface area contributed by atoms with Crippen LogP contribution in [0.1, 0.15) is 40.3 Å². The Morgan fingerprint density at radius 3 is 2.68 bits per heavy atom. The number of nitrogens with zero attached hydrogens (tertiary/aromatic N) is 5. The summed E-state index contributed by atoms with van der Waals surface area (Å²) in [5, 5.41) is 12.5. The second kappa shape index (κ2) is 6.63. The van der Waals surface area contributed by atoms with Crippen LogP contribution < -0.4 is 5.32 Å². The zero-order valence-electron chi connectivity index (χ0n) is 16.5. The third kappa shape index (κ3) is 2.87. The predicted molar refractivity (Wildman–Crippen MR) is 105 cm³/mol. The van der Waals surface area contributed by atoms with Crippen LogP contribution in [0.2, 0.25) is 0 Å². The summed E-state index contributed by atoms with van der Waals surface area (Å²) >= 11 is 0. The Kier molecular flexibility index (Phi) is 4.26. The first-order chi connectivity index (χ1) is 13.4. The van der Waals surface area contributed by atoms with Gasteiger partial charge in [-0.3, -0.25) is 14.2 Å². The van der Waals surface area contributed by atoms with Gasteiger partial charge in [-0.15, -0.1) is 0 Å². The number of carbonyl (C=O) groups excluding carboxylic acids is 1. The van der Waals surface area contributed by atoms with Crippen LogP contribution in [0.4, 0.5) is 0 Å². The largest absolute Gasteiger partial charge is 0.463 e. The van der Waals surface area contributed by atoms with E-state index in [2.05, 4.69) is 20.5 Å². The van der Waals surface area contributed by atoms with E-state index in [0.29, 0.717) is 22.7 Å². The maximum atomic E-state index is 13.2.